The standard InChI is InChI=1S/C13H24N2O2/c1-3-12-14-10(2)13(16)15(12)8-7-11-6-4-5-9-17-11/h10-12,14H,3-9H2,1-2H3. The number of nitrogens with zero attached hydrogens (tertiary/aromatic N) is 1. The van der Waals surface area contributed by atoms with Crippen LogP contribution in [0.4, 0.5) is 0 Å². The van der Waals surface area contributed by atoms with Gasteiger partial charge < -0.3 is 9.64 Å². The average Bonchev–Trinajstić information content (AvgIpc) is 2.64. The smallest absolute Gasteiger partial charge is 0.240 e. The van der Waals surface area contributed by atoms with Crippen LogP contribution in [0.5, 0.6) is 0 Å². The van der Waals surface area contributed by atoms with E-state index in [1.165, 1.54) is 12.8 Å². The molecule has 0 radical (unpaired) electrons. The Balaban J connectivity index is 1.82. The molecule has 1 N–H and O–H groups in total. The number of hydrogen-bond acceptors (Lipinski definition) is 3. The van der Waals surface area contributed by atoms with E-state index in [1.54, 1.807) is 0 Å². The van der Waals surface area contributed by atoms with E-state index < -0.39 is 0 Å². The van der Waals surface area contributed by atoms with Crippen molar-refractivity contribution in [1.82, 2.24) is 10.2 Å². The first kappa shape index (κ1) is 12.8. The summed E-state index contributed by atoms with van der Waals surface area (Å²) in [4.78, 5) is 14.0. The van der Waals surface area contributed by atoms with Crippen LogP contribution in [-0.2, 0) is 9.53 Å². The third-order valence-electron chi connectivity index (χ3n) is 3.82. The summed E-state index contributed by atoms with van der Waals surface area (Å²) in [5.74, 6) is 0.243. The SMILES string of the molecule is CCC1NC(C)C(=O)N1CCC1CCCCO1. The highest BCUT2D eigenvalue weighted by atomic mass is 16.5. The summed E-state index contributed by atoms with van der Waals surface area (Å²) in [6.07, 6.45) is 6.16. The van der Waals surface area contributed by atoms with Gasteiger partial charge in [0.15, 0.2) is 0 Å². The minimum absolute atomic E-state index is 0.0211. The van der Waals surface area contributed by atoms with Gasteiger partial charge in [0.1, 0.15) is 0 Å². The third-order valence-corrected chi connectivity index (χ3v) is 3.82. The Labute approximate surface area is 104 Å². The Morgan fingerprint density at radius 1 is 1.47 bits per heavy atom. The number of carbonyl (C=O) groups excluding carboxylic acids is 1. The second-order valence-electron chi connectivity index (χ2n) is 5.12. The van der Waals surface area contributed by atoms with Crippen LogP contribution in [0.25, 0.3) is 0 Å². The first-order valence-electron chi connectivity index (χ1n) is 6.90. The first-order chi connectivity index (χ1) is 8.22. The van der Waals surface area contributed by atoms with E-state index >= 15 is 0 Å². The fourth-order valence-corrected chi connectivity index (χ4v) is 2.77. The maximum Gasteiger partial charge on any atom is 0.240 e. The summed E-state index contributed by atoms with van der Waals surface area (Å²) < 4.78 is 5.71. The molecule has 0 aliphatic carbocycles. The summed E-state index contributed by atoms with van der Waals surface area (Å²) in [6, 6.07) is -0.0211. The van der Waals surface area contributed by atoms with Crippen molar-refractivity contribution in [2.24, 2.45) is 0 Å². The van der Waals surface area contributed by atoms with E-state index in [9.17, 15) is 4.79 Å². The maximum absolute atomic E-state index is 12.0. The molecule has 0 spiro atoms. The summed E-state index contributed by atoms with van der Waals surface area (Å²) in [5, 5.41) is 3.33. The van der Waals surface area contributed by atoms with Crippen molar-refractivity contribution in [2.45, 2.75) is 64.3 Å². The van der Waals surface area contributed by atoms with Crippen molar-refractivity contribution in [1.29, 1.82) is 0 Å². The first-order valence-corrected chi connectivity index (χ1v) is 6.90. The zero-order valence-corrected chi connectivity index (χ0v) is 10.9. The predicted molar refractivity (Wildman–Crippen MR) is 66.6 cm³/mol. The number of ether oxygens (including phenoxy) is 1. The second-order valence-corrected chi connectivity index (χ2v) is 5.12. The molecular formula is C13H24N2O2. The van der Waals surface area contributed by atoms with E-state index in [0.29, 0.717) is 6.10 Å². The van der Waals surface area contributed by atoms with E-state index in [2.05, 4.69) is 12.2 Å². The van der Waals surface area contributed by atoms with Gasteiger partial charge in [0.2, 0.25) is 5.91 Å². The van der Waals surface area contributed by atoms with Gasteiger partial charge in [-0.25, -0.2) is 0 Å². The lowest BCUT2D eigenvalue weighted by molar-refractivity contribution is -0.130. The summed E-state index contributed by atoms with van der Waals surface area (Å²) >= 11 is 0. The third kappa shape index (κ3) is 2.99. The summed E-state index contributed by atoms with van der Waals surface area (Å²) in [7, 11) is 0. The van der Waals surface area contributed by atoms with Gasteiger partial charge in [0.05, 0.1) is 18.3 Å². The number of amides is 1. The average molecular weight is 240 g/mol. The van der Waals surface area contributed by atoms with Crippen LogP contribution < -0.4 is 5.32 Å². The highest BCUT2D eigenvalue weighted by molar-refractivity contribution is 5.83. The van der Waals surface area contributed by atoms with Crippen LogP contribution in [0.15, 0.2) is 0 Å². The molecule has 2 aliphatic heterocycles. The Hall–Kier alpha value is -0.610. The fraction of sp³-hybridized carbons (Fsp3) is 0.923. The largest absolute Gasteiger partial charge is 0.378 e. The Morgan fingerprint density at radius 2 is 2.29 bits per heavy atom. The molecule has 2 fully saturated rings. The maximum atomic E-state index is 12.0. The van der Waals surface area contributed by atoms with Crippen LogP contribution in [0.2, 0.25) is 0 Å². The van der Waals surface area contributed by atoms with Gasteiger partial charge in [-0.1, -0.05) is 6.92 Å². The molecule has 1 amide bonds. The molecular weight excluding hydrogens is 216 g/mol. The zero-order chi connectivity index (χ0) is 12.3. The van der Waals surface area contributed by atoms with E-state index in [-0.39, 0.29) is 18.1 Å². The normalized spacial score (nSPS) is 34.4. The topological polar surface area (TPSA) is 41.6 Å². The van der Waals surface area contributed by atoms with Gasteiger partial charge in [-0.05, 0) is 39.0 Å². The lowest BCUT2D eigenvalue weighted by Gasteiger charge is -2.27. The van der Waals surface area contributed by atoms with Gasteiger partial charge in [-0.2, -0.15) is 0 Å². The van der Waals surface area contributed by atoms with Crippen LogP contribution in [0.3, 0.4) is 0 Å². The van der Waals surface area contributed by atoms with Gasteiger partial charge >= 0.3 is 0 Å². The van der Waals surface area contributed by atoms with E-state index in [1.807, 2.05) is 11.8 Å². The minimum Gasteiger partial charge on any atom is -0.378 e. The second kappa shape index (κ2) is 5.83. The number of hydrogen-bond donors (Lipinski definition) is 1. The lowest BCUT2D eigenvalue weighted by Crippen LogP contribution is -2.39. The summed E-state index contributed by atoms with van der Waals surface area (Å²) in [6.45, 7) is 5.79. The van der Waals surface area contributed by atoms with Crippen LogP contribution in [-0.4, -0.2) is 42.3 Å². The van der Waals surface area contributed by atoms with Gasteiger partial charge in [-0.3, -0.25) is 10.1 Å². The van der Waals surface area contributed by atoms with Gasteiger partial charge in [0.25, 0.3) is 0 Å². The molecule has 3 unspecified atom stereocenters. The van der Waals surface area contributed by atoms with Gasteiger partial charge in [-0.15, -0.1) is 0 Å². The molecule has 0 aromatic heterocycles. The quantitative estimate of drug-likeness (QED) is 0.809. The molecule has 2 rings (SSSR count). The molecule has 0 saturated carbocycles. The van der Waals surface area contributed by atoms with Crippen molar-refractivity contribution in [3.05, 3.63) is 0 Å². The fourth-order valence-electron chi connectivity index (χ4n) is 2.77. The van der Waals surface area contributed by atoms with Crippen molar-refractivity contribution in [3.8, 4) is 0 Å². The molecule has 0 aromatic rings. The van der Waals surface area contributed by atoms with Crippen molar-refractivity contribution in [3.63, 3.8) is 0 Å². The van der Waals surface area contributed by atoms with E-state index in [4.69, 9.17) is 4.74 Å². The van der Waals surface area contributed by atoms with Crippen LogP contribution in [0, 0.1) is 0 Å². The zero-order valence-electron chi connectivity index (χ0n) is 10.9. The highest BCUT2D eigenvalue weighted by Crippen LogP contribution is 2.19. The Bertz CT molecular complexity index is 264. The molecule has 3 atom stereocenters. The minimum atomic E-state index is -0.0211. The van der Waals surface area contributed by atoms with Crippen LogP contribution in [0.1, 0.15) is 46.0 Å². The Kier molecular flexibility index (Phi) is 4.40. The molecule has 0 aromatic carbocycles. The molecule has 0 bridgehead atoms. The molecule has 2 aliphatic rings. The lowest BCUT2D eigenvalue weighted by atomic mass is 10.1. The van der Waals surface area contributed by atoms with Crippen molar-refractivity contribution in [2.75, 3.05) is 13.2 Å². The molecule has 4 nitrogen and oxygen atoms in total. The predicted octanol–water partition coefficient (Wildman–Crippen LogP) is 1.50. The van der Waals surface area contributed by atoms with Crippen molar-refractivity contribution < 1.29 is 9.53 Å². The molecule has 98 valence electrons. The molecule has 2 heterocycles. The summed E-state index contributed by atoms with van der Waals surface area (Å²) in [5.41, 5.74) is 0. The van der Waals surface area contributed by atoms with Crippen molar-refractivity contribution >= 4 is 5.91 Å². The number of nitrogens with one attached hydrogen (secondary N) is 1. The monoisotopic (exact) mass is 240 g/mol. The molecule has 4 heteroatoms. The number of carbonyl (C=O) groups is 1. The van der Waals surface area contributed by atoms with Gasteiger partial charge in [0, 0.05) is 13.2 Å². The molecule has 17 heavy (non-hydrogen) atoms. The number of rotatable bonds is 4. The highest BCUT2D eigenvalue weighted by Gasteiger charge is 2.34. The molecule has 2 saturated heterocycles. The van der Waals surface area contributed by atoms with E-state index in [0.717, 1.165) is 32.4 Å². The Morgan fingerprint density at radius 3 is 2.94 bits per heavy atom. The van der Waals surface area contributed by atoms with Crippen LogP contribution >= 0.6 is 0 Å².